The predicted molar refractivity (Wildman–Crippen MR) is 138 cm³/mol. The lowest BCUT2D eigenvalue weighted by Gasteiger charge is -2.16. The van der Waals surface area contributed by atoms with E-state index in [1.807, 2.05) is 0 Å². The number of pyridine rings is 1. The van der Waals surface area contributed by atoms with Crippen LogP contribution in [0.1, 0.15) is 50.8 Å². The molecule has 1 saturated carbocycles. The van der Waals surface area contributed by atoms with E-state index in [-0.39, 0.29) is 32.6 Å². The molecular weight excluding hydrogens is 558 g/mol. The van der Waals surface area contributed by atoms with Gasteiger partial charge in [0.25, 0.3) is 11.8 Å². The fraction of sp³-hybridized carbons (Fsp3) is 0.280. The molecule has 3 heterocycles. The molecule has 4 aromatic rings. The minimum Gasteiger partial charge on any atom is -0.352 e. The van der Waals surface area contributed by atoms with E-state index < -0.39 is 29.4 Å². The minimum atomic E-state index is -4.86. The molecule has 2 amide bonds. The van der Waals surface area contributed by atoms with Gasteiger partial charge in [0, 0.05) is 18.8 Å². The zero-order valence-corrected chi connectivity index (χ0v) is 22.0. The van der Waals surface area contributed by atoms with Crippen molar-refractivity contribution in [3.63, 3.8) is 0 Å². The third-order valence-corrected chi connectivity index (χ3v) is 6.88. The third kappa shape index (κ3) is 5.39. The standard InChI is InChI=1S/C25H20Cl2F3N7O2/c1-11-12(2)34-21-16(33-11)8-14(23(38)32-10-13-5-6-13)20(19(21)27)35-24(39)17-9-18(25(28,29)30)36-37(17)22-15(26)4-3-7-31-22/h3-4,7-9,13H,5-6,10H2,1-2H3,(H,32,38)(H,35,39). The normalized spacial score (nSPS) is 13.5. The molecule has 39 heavy (non-hydrogen) atoms. The molecule has 0 saturated heterocycles. The zero-order chi connectivity index (χ0) is 28.1. The first kappa shape index (κ1) is 26.8. The summed E-state index contributed by atoms with van der Waals surface area (Å²) in [4.78, 5) is 39.5. The van der Waals surface area contributed by atoms with Crippen LogP contribution in [0.25, 0.3) is 16.9 Å². The highest BCUT2D eigenvalue weighted by atomic mass is 35.5. The van der Waals surface area contributed by atoms with Crippen LogP contribution in [0.15, 0.2) is 30.5 Å². The molecule has 1 aliphatic rings. The van der Waals surface area contributed by atoms with E-state index in [0.717, 1.165) is 12.8 Å². The lowest BCUT2D eigenvalue weighted by molar-refractivity contribution is -0.141. The van der Waals surface area contributed by atoms with Crippen molar-refractivity contribution in [1.82, 2.24) is 30.0 Å². The first-order valence-electron chi connectivity index (χ1n) is 11.8. The second kappa shape index (κ2) is 10.1. The fourth-order valence-electron chi connectivity index (χ4n) is 3.84. The zero-order valence-electron chi connectivity index (χ0n) is 20.5. The molecule has 9 nitrogen and oxygen atoms in total. The highest BCUT2D eigenvalue weighted by Gasteiger charge is 2.37. The number of rotatable bonds is 6. The van der Waals surface area contributed by atoms with Crippen LogP contribution in [0.4, 0.5) is 18.9 Å². The Morgan fingerprint density at radius 1 is 1.10 bits per heavy atom. The maximum atomic E-state index is 13.6. The Morgan fingerprint density at radius 3 is 2.49 bits per heavy atom. The van der Waals surface area contributed by atoms with Crippen LogP contribution in [0.3, 0.4) is 0 Å². The molecule has 5 rings (SSSR count). The van der Waals surface area contributed by atoms with E-state index in [0.29, 0.717) is 40.1 Å². The molecule has 0 unspecified atom stereocenters. The van der Waals surface area contributed by atoms with Gasteiger partial charge in [0.2, 0.25) is 0 Å². The number of carbonyl (C=O) groups is 2. The minimum absolute atomic E-state index is 0.0166. The van der Waals surface area contributed by atoms with Gasteiger partial charge in [-0.05, 0) is 50.8 Å². The average molecular weight is 578 g/mol. The van der Waals surface area contributed by atoms with Gasteiger partial charge in [0.1, 0.15) is 11.2 Å². The fourth-order valence-corrected chi connectivity index (χ4v) is 4.33. The number of hydrogen-bond donors (Lipinski definition) is 2. The van der Waals surface area contributed by atoms with Gasteiger partial charge in [-0.2, -0.15) is 18.3 Å². The van der Waals surface area contributed by atoms with Crippen molar-refractivity contribution in [1.29, 1.82) is 0 Å². The Labute approximate surface area is 229 Å². The van der Waals surface area contributed by atoms with Crippen LogP contribution < -0.4 is 10.6 Å². The quantitative estimate of drug-likeness (QED) is 0.310. The van der Waals surface area contributed by atoms with Crippen molar-refractivity contribution < 1.29 is 22.8 Å². The number of nitrogens with zero attached hydrogens (tertiary/aromatic N) is 5. The maximum absolute atomic E-state index is 13.6. The summed E-state index contributed by atoms with van der Waals surface area (Å²) in [6.45, 7) is 3.90. The van der Waals surface area contributed by atoms with Crippen LogP contribution in [-0.2, 0) is 6.18 Å². The first-order chi connectivity index (χ1) is 18.4. The van der Waals surface area contributed by atoms with Crippen molar-refractivity contribution in [2.75, 3.05) is 11.9 Å². The summed E-state index contributed by atoms with van der Waals surface area (Å²) in [6.07, 6.45) is -1.58. The maximum Gasteiger partial charge on any atom is 0.435 e. The van der Waals surface area contributed by atoms with E-state index >= 15 is 0 Å². The summed E-state index contributed by atoms with van der Waals surface area (Å²) in [6, 6.07) is 4.87. The number of aryl methyl sites for hydroxylation is 2. The monoisotopic (exact) mass is 577 g/mol. The molecule has 1 fully saturated rings. The van der Waals surface area contributed by atoms with Crippen LogP contribution >= 0.6 is 23.2 Å². The molecule has 0 aliphatic heterocycles. The molecule has 1 aliphatic carbocycles. The summed E-state index contributed by atoms with van der Waals surface area (Å²) < 4.78 is 41.4. The second-order valence-electron chi connectivity index (χ2n) is 9.12. The van der Waals surface area contributed by atoms with Gasteiger partial charge in [-0.25, -0.2) is 19.6 Å². The van der Waals surface area contributed by atoms with Crippen molar-refractivity contribution in [2.24, 2.45) is 5.92 Å². The van der Waals surface area contributed by atoms with E-state index in [1.54, 1.807) is 13.8 Å². The molecule has 0 atom stereocenters. The SMILES string of the molecule is Cc1nc2cc(C(=O)NCC3CC3)c(NC(=O)c3cc(C(F)(F)F)nn3-c3ncccc3Cl)c(Cl)c2nc1C. The number of halogens is 5. The Balaban J connectivity index is 1.62. The van der Waals surface area contributed by atoms with Gasteiger partial charge in [0.05, 0.1) is 38.2 Å². The molecule has 202 valence electrons. The average Bonchev–Trinajstić information content (AvgIpc) is 3.60. The number of anilines is 1. The molecule has 0 radical (unpaired) electrons. The largest absolute Gasteiger partial charge is 0.435 e. The van der Waals surface area contributed by atoms with Gasteiger partial charge in [-0.15, -0.1) is 0 Å². The van der Waals surface area contributed by atoms with Gasteiger partial charge in [-0.3, -0.25) is 9.59 Å². The molecule has 1 aromatic carbocycles. The smallest absolute Gasteiger partial charge is 0.352 e. The number of alkyl halides is 3. The molecule has 0 spiro atoms. The highest BCUT2D eigenvalue weighted by molar-refractivity contribution is 6.39. The number of carbonyl (C=O) groups excluding carboxylic acids is 2. The molecule has 2 N–H and O–H groups in total. The molecule has 0 bridgehead atoms. The second-order valence-corrected chi connectivity index (χ2v) is 9.90. The molecule has 14 heteroatoms. The van der Waals surface area contributed by atoms with E-state index in [4.69, 9.17) is 23.2 Å². The van der Waals surface area contributed by atoms with Gasteiger partial charge in [-0.1, -0.05) is 23.2 Å². The summed E-state index contributed by atoms with van der Waals surface area (Å²) in [5, 5.41) is 8.72. The number of fused-ring (bicyclic) bond motifs is 1. The topological polar surface area (TPSA) is 115 Å². The van der Waals surface area contributed by atoms with E-state index in [1.165, 1.54) is 24.4 Å². The van der Waals surface area contributed by atoms with Crippen LogP contribution in [-0.4, -0.2) is 43.1 Å². The number of hydrogen-bond acceptors (Lipinski definition) is 6. The summed E-state index contributed by atoms with van der Waals surface area (Å²) >= 11 is 12.8. The molecular formula is C25H20Cl2F3N7O2. The Bertz CT molecular complexity index is 1630. The Morgan fingerprint density at radius 2 is 1.82 bits per heavy atom. The Kier molecular flexibility index (Phi) is 6.93. The van der Waals surface area contributed by atoms with E-state index in [2.05, 4.69) is 30.7 Å². The third-order valence-electron chi connectivity index (χ3n) is 6.22. The van der Waals surface area contributed by atoms with Crippen molar-refractivity contribution in [3.8, 4) is 5.82 Å². The number of aromatic nitrogens is 5. The predicted octanol–water partition coefficient (Wildman–Crippen LogP) is 5.55. The van der Waals surface area contributed by atoms with Crippen molar-refractivity contribution >= 4 is 51.7 Å². The van der Waals surface area contributed by atoms with Crippen molar-refractivity contribution in [2.45, 2.75) is 32.9 Å². The van der Waals surface area contributed by atoms with Crippen LogP contribution in [0, 0.1) is 19.8 Å². The number of nitrogens with one attached hydrogen (secondary N) is 2. The van der Waals surface area contributed by atoms with Gasteiger partial charge >= 0.3 is 6.18 Å². The summed E-state index contributed by atoms with van der Waals surface area (Å²) in [5.74, 6) is -1.39. The highest BCUT2D eigenvalue weighted by Crippen LogP contribution is 2.36. The lowest BCUT2D eigenvalue weighted by atomic mass is 10.1. The lowest BCUT2D eigenvalue weighted by Crippen LogP contribution is -2.27. The van der Waals surface area contributed by atoms with Gasteiger partial charge in [0.15, 0.2) is 11.5 Å². The number of amides is 2. The Hall–Kier alpha value is -3.77. The van der Waals surface area contributed by atoms with E-state index in [9.17, 15) is 22.8 Å². The summed E-state index contributed by atoms with van der Waals surface area (Å²) in [5.41, 5.74) is -0.285. The summed E-state index contributed by atoms with van der Waals surface area (Å²) in [7, 11) is 0. The van der Waals surface area contributed by atoms with Gasteiger partial charge < -0.3 is 10.6 Å². The van der Waals surface area contributed by atoms with Crippen LogP contribution in [0.5, 0.6) is 0 Å². The van der Waals surface area contributed by atoms with Crippen molar-refractivity contribution in [3.05, 3.63) is 68.8 Å². The first-order valence-corrected chi connectivity index (χ1v) is 12.5. The number of benzene rings is 1. The molecule has 3 aromatic heterocycles. The van der Waals surface area contributed by atoms with Crippen LogP contribution in [0.2, 0.25) is 10.0 Å².